The summed E-state index contributed by atoms with van der Waals surface area (Å²) in [5.74, 6) is 1.24. The molecule has 1 unspecified atom stereocenters. The molecule has 1 atom stereocenters. The first-order chi connectivity index (χ1) is 8.34. The van der Waals surface area contributed by atoms with E-state index in [0.29, 0.717) is 5.78 Å². The van der Waals surface area contributed by atoms with Crippen LogP contribution in [0.2, 0.25) is 0 Å². The first-order valence-corrected chi connectivity index (χ1v) is 7.53. The Labute approximate surface area is 109 Å². The molecule has 2 aromatic rings. The zero-order chi connectivity index (χ0) is 11.7. The Hall–Kier alpha value is -1.06. The number of rotatable bonds is 3. The number of thioether (sulfide) groups is 1. The Morgan fingerprint density at radius 3 is 2.82 bits per heavy atom. The van der Waals surface area contributed by atoms with Crippen molar-refractivity contribution in [1.29, 1.82) is 0 Å². The van der Waals surface area contributed by atoms with Crippen LogP contribution in [0, 0.1) is 0 Å². The number of hydrogen-bond acceptors (Lipinski definition) is 3. The Balaban J connectivity index is 1.65. The van der Waals surface area contributed by atoms with Crippen LogP contribution in [-0.2, 0) is 12.2 Å². The van der Waals surface area contributed by atoms with Gasteiger partial charge in [0.1, 0.15) is 0 Å². The van der Waals surface area contributed by atoms with E-state index < -0.39 is 0 Å². The maximum atomic E-state index is 12.1. The number of carbonyl (C=O) groups excluding carboxylic acids is 1. The van der Waals surface area contributed by atoms with Crippen LogP contribution in [0.1, 0.15) is 20.8 Å². The first kappa shape index (κ1) is 11.1. The van der Waals surface area contributed by atoms with Crippen molar-refractivity contribution < 1.29 is 4.79 Å². The Morgan fingerprint density at radius 2 is 2.06 bits per heavy atom. The van der Waals surface area contributed by atoms with Crippen molar-refractivity contribution in [2.75, 3.05) is 0 Å². The van der Waals surface area contributed by atoms with Gasteiger partial charge in [0.2, 0.25) is 0 Å². The molecule has 0 aliphatic heterocycles. The van der Waals surface area contributed by atoms with Crippen LogP contribution >= 0.6 is 23.1 Å². The minimum atomic E-state index is 0.137. The van der Waals surface area contributed by atoms with Crippen molar-refractivity contribution in [3.63, 3.8) is 0 Å². The maximum Gasteiger partial charge on any atom is 0.177 e. The fraction of sp³-hybridized carbons (Fsp3) is 0.214. The molecule has 0 amide bonds. The summed E-state index contributed by atoms with van der Waals surface area (Å²) in [6.45, 7) is 0. The van der Waals surface area contributed by atoms with Crippen LogP contribution in [0.3, 0.4) is 0 Å². The van der Waals surface area contributed by atoms with Crippen LogP contribution in [0.15, 0.2) is 41.8 Å². The SMILES string of the molecule is O=C1c2ccsc2CC1SCc1ccccc1. The second-order valence-corrected chi connectivity index (χ2v) is 6.30. The van der Waals surface area contributed by atoms with Gasteiger partial charge in [-0.1, -0.05) is 30.3 Å². The lowest BCUT2D eigenvalue weighted by molar-refractivity contribution is 0.100. The van der Waals surface area contributed by atoms with Gasteiger partial charge >= 0.3 is 0 Å². The highest BCUT2D eigenvalue weighted by atomic mass is 32.2. The molecular weight excluding hydrogens is 248 g/mol. The summed E-state index contributed by atoms with van der Waals surface area (Å²) in [6.07, 6.45) is 0.920. The van der Waals surface area contributed by atoms with Gasteiger partial charge < -0.3 is 0 Å². The molecule has 1 aromatic carbocycles. The van der Waals surface area contributed by atoms with Crippen molar-refractivity contribution in [2.45, 2.75) is 17.4 Å². The summed E-state index contributed by atoms with van der Waals surface area (Å²) >= 11 is 3.47. The highest BCUT2D eigenvalue weighted by Crippen LogP contribution is 2.34. The molecule has 3 heteroatoms. The Morgan fingerprint density at radius 1 is 1.24 bits per heavy atom. The van der Waals surface area contributed by atoms with Crippen molar-refractivity contribution in [1.82, 2.24) is 0 Å². The van der Waals surface area contributed by atoms with Crippen molar-refractivity contribution >= 4 is 28.9 Å². The number of carbonyl (C=O) groups is 1. The average molecular weight is 260 g/mol. The molecule has 0 fully saturated rings. The summed E-state index contributed by atoms with van der Waals surface area (Å²) in [4.78, 5) is 13.3. The van der Waals surface area contributed by atoms with Gasteiger partial charge in [0.25, 0.3) is 0 Å². The fourth-order valence-corrected chi connectivity index (χ4v) is 4.24. The summed E-state index contributed by atoms with van der Waals surface area (Å²) < 4.78 is 0. The number of Topliss-reactive ketones (excluding diaryl/α,β-unsaturated/α-hetero) is 1. The average Bonchev–Trinajstić information content (AvgIpc) is 2.92. The van der Waals surface area contributed by atoms with Gasteiger partial charge in [-0.3, -0.25) is 4.79 Å². The minimum absolute atomic E-state index is 0.137. The molecule has 1 aromatic heterocycles. The van der Waals surface area contributed by atoms with E-state index >= 15 is 0 Å². The predicted molar refractivity (Wildman–Crippen MR) is 73.9 cm³/mol. The highest BCUT2D eigenvalue weighted by Gasteiger charge is 2.31. The van der Waals surface area contributed by atoms with Crippen LogP contribution in [0.5, 0.6) is 0 Å². The third-order valence-corrected chi connectivity index (χ3v) is 5.19. The van der Waals surface area contributed by atoms with E-state index in [1.807, 2.05) is 29.6 Å². The van der Waals surface area contributed by atoms with Gasteiger partial charge in [0.15, 0.2) is 5.78 Å². The molecular formula is C14H12OS2. The maximum absolute atomic E-state index is 12.1. The molecule has 0 saturated carbocycles. The van der Waals surface area contributed by atoms with Gasteiger partial charge in [-0.25, -0.2) is 0 Å². The lowest BCUT2D eigenvalue weighted by Gasteiger charge is -2.07. The first-order valence-electron chi connectivity index (χ1n) is 5.61. The molecule has 0 radical (unpaired) electrons. The number of hydrogen-bond donors (Lipinski definition) is 0. The topological polar surface area (TPSA) is 17.1 Å². The molecule has 86 valence electrons. The molecule has 1 nitrogen and oxygen atoms in total. The summed E-state index contributed by atoms with van der Waals surface area (Å²) in [5, 5.41) is 2.15. The Kier molecular flexibility index (Phi) is 3.04. The molecule has 17 heavy (non-hydrogen) atoms. The number of benzene rings is 1. The van der Waals surface area contributed by atoms with E-state index in [-0.39, 0.29) is 5.25 Å². The normalized spacial score (nSPS) is 18.4. The fourth-order valence-electron chi connectivity index (χ4n) is 2.06. The highest BCUT2D eigenvalue weighted by molar-refractivity contribution is 7.99. The molecule has 0 bridgehead atoms. The Bertz CT molecular complexity index is 530. The molecule has 1 heterocycles. The number of thiophene rings is 1. The van der Waals surface area contributed by atoms with Crippen LogP contribution in [-0.4, -0.2) is 11.0 Å². The second kappa shape index (κ2) is 4.67. The molecule has 0 saturated heterocycles. The van der Waals surface area contributed by atoms with E-state index in [2.05, 4.69) is 12.1 Å². The summed E-state index contributed by atoms with van der Waals surface area (Å²) in [6, 6.07) is 12.3. The molecule has 3 rings (SSSR count). The number of fused-ring (bicyclic) bond motifs is 1. The number of ketones is 1. The van der Waals surface area contributed by atoms with Crippen molar-refractivity contribution in [3.05, 3.63) is 57.8 Å². The third kappa shape index (κ3) is 2.17. The van der Waals surface area contributed by atoms with Crippen molar-refractivity contribution in [3.8, 4) is 0 Å². The van der Waals surface area contributed by atoms with Gasteiger partial charge in [-0.15, -0.1) is 23.1 Å². The van der Waals surface area contributed by atoms with E-state index in [1.54, 1.807) is 23.1 Å². The zero-order valence-corrected chi connectivity index (χ0v) is 10.9. The van der Waals surface area contributed by atoms with Crippen LogP contribution < -0.4 is 0 Å². The standard InChI is InChI=1S/C14H12OS2/c15-14-11-6-7-16-12(11)8-13(14)17-9-10-4-2-1-3-5-10/h1-7,13H,8-9H2. The largest absolute Gasteiger partial charge is 0.293 e. The smallest absolute Gasteiger partial charge is 0.177 e. The third-order valence-electron chi connectivity index (χ3n) is 2.97. The minimum Gasteiger partial charge on any atom is -0.293 e. The lowest BCUT2D eigenvalue weighted by Crippen LogP contribution is -2.11. The van der Waals surface area contributed by atoms with Gasteiger partial charge in [-0.05, 0) is 17.0 Å². The van der Waals surface area contributed by atoms with Gasteiger partial charge in [-0.2, -0.15) is 0 Å². The van der Waals surface area contributed by atoms with Crippen LogP contribution in [0.4, 0.5) is 0 Å². The summed E-state index contributed by atoms with van der Waals surface area (Å²) in [7, 11) is 0. The van der Waals surface area contributed by atoms with E-state index in [1.165, 1.54) is 10.4 Å². The van der Waals surface area contributed by atoms with E-state index in [0.717, 1.165) is 17.7 Å². The lowest BCUT2D eigenvalue weighted by atomic mass is 10.2. The monoisotopic (exact) mass is 260 g/mol. The van der Waals surface area contributed by atoms with Crippen molar-refractivity contribution in [2.24, 2.45) is 0 Å². The predicted octanol–water partition coefficient (Wildman–Crippen LogP) is 3.79. The van der Waals surface area contributed by atoms with E-state index in [4.69, 9.17) is 0 Å². The second-order valence-electron chi connectivity index (χ2n) is 4.11. The zero-order valence-electron chi connectivity index (χ0n) is 9.26. The molecule has 0 spiro atoms. The summed E-state index contributed by atoms with van der Waals surface area (Å²) in [5.41, 5.74) is 2.25. The van der Waals surface area contributed by atoms with Crippen LogP contribution in [0.25, 0.3) is 0 Å². The molecule has 1 aliphatic carbocycles. The molecule has 1 aliphatic rings. The quantitative estimate of drug-likeness (QED) is 0.835. The molecule has 0 N–H and O–H groups in total. The van der Waals surface area contributed by atoms with E-state index in [9.17, 15) is 4.79 Å². The van der Waals surface area contributed by atoms with Gasteiger partial charge in [0, 0.05) is 22.6 Å². The van der Waals surface area contributed by atoms with Gasteiger partial charge in [0.05, 0.1) is 5.25 Å².